The first-order chi connectivity index (χ1) is 16.0. The number of amides is 1. The molecule has 2 aromatic carbocycles. The van der Waals surface area contributed by atoms with Gasteiger partial charge in [-0.25, -0.2) is 0 Å². The summed E-state index contributed by atoms with van der Waals surface area (Å²) in [5.41, 5.74) is 0.145. The lowest BCUT2D eigenvalue weighted by atomic mass is 10.1. The summed E-state index contributed by atoms with van der Waals surface area (Å²) in [5, 5.41) is 22.0. The molecule has 3 N–H and O–H groups in total. The van der Waals surface area contributed by atoms with Gasteiger partial charge in [0.1, 0.15) is 5.75 Å². The van der Waals surface area contributed by atoms with Gasteiger partial charge in [-0.3, -0.25) is 14.2 Å². The van der Waals surface area contributed by atoms with Crippen molar-refractivity contribution in [2.45, 2.75) is 25.6 Å². The fourth-order valence-corrected chi connectivity index (χ4v) is 4.53. The van der Waals surface area contributed by atoms with Gasteiger partial charge in [0.25, 0.3) is 5.91 Å². The Morgan fingerprint density at radius 2 is 1.85 bits per heavy atom. The Morgan fingerprint density at radius 3 is 2.44 bits per heavy atom. The molecule has 0 saturated carbocycles. The van der Waals surface area contributed by atoms with Crippen LogP contribution in [0.25, 0.3) is 0 Å². The lowest BCUT2D eigenvalue weighted by Gasteiger charge is -2.13. The van der Waals surface area contributed by atoms with Crippen LogP contribution >= 0.6 is 23.6 Å². The summed E-state index contributed by atoms with van der Waals surface area (Å²) in [4.78, 5) is 23.9. The predicted molar refractivity (Wildman–Crippen MR) is 122 cm³/mol. The van der Waals surface area contributed by atoms with Crippen molar-refractivity contribution in [1.82, 2.24) is 4.57 Å². The van der Waals surface area contributed by atoms with Crippen LogP contribution in [0.5, 0.6) is 11.6 Å². The minimum absolute atomic E-state index is 0.0339. The molecule has 180 valence electrons. The van der Waals surface area contributed by atoms with Crippen LogP contribution in [0.1, 0.15) is 32.8 Å². The van der Waals surface area contributed by atoms with Gasteiger partial charge in [-0.05, 0) is 54.2 Å². The molecule has 0 aliphatic rings. The largest absolute Gasteiger partial charge is 0.495 e. The van der Waals surface area contributed by atoms with E-state index in [1.165, 1.54) is 11.7 Å². The number of thiazole rings is 1. The lowest BCUT2D eigenvalue weighted by molar-refractivity contribution is -0.138. The van der Waals surface area contributed by atoms with Gasteiger partial charge in [0.05, 0.1) is 29.7 Å². The standard InChI is InChI=1S/C22H19F3N2O5S2/c1-32-16-7-2-12(11-17-20(31)27(21(33)34-17)9-8-18(28)29)10-15(16)26-19(30)13-3-5-14(6-4-13)22(23,24)25/h2-7,10,31H,8-9,11H2,1H3,(H,26,30)(H,28,29). The van der Waals surface area contributed by atoms with E-state index in [-0.39, 0.29) is 30.8 Å². The van der Waals surface area contributed by atoms with Crippen molar-refractivity contribution >= 4 is 41.1 Å². The van der Waals surface area contributed by atoms with Crippen LogP contribution in [0.4, 0.5) is 18.9 Å². The number of carboxylic acid groups (broad SMARTS) is 1. The summed E-state index contributed by atoms with van der Waals surface area (Å²) in [7, 11) is 1.41. The maximum atomic E-state index is 12.8. The number of ether oxygens (including phenoxy) is 1. The topological polar surface area (TPSA) is 101 Å². The molecule has 0 spiro atoms. The van der Waals surface area contributed by atoms with E-state index in [0.717, 1.165) is 35.6 Å². The Bertz CT molecular complexity index is 1270. The van der Waals surface area contributed by atoms with Crippen molar-refractivity contribution in [2.75, 3.05) is 12.4 Å². The summed E-state index contributed by atoms with van der Waals surface area (Å²) in [6, 6.07) is 8.76. The molecular formula is C22H19F3N2O5S2. The maximum Gasteiger partial charge on any atom is 0.416 e. The van der Waals surface area contributed by atoms with E-state index in [1.54, 1.807) is 18.2 Å². The number of aliphatic carboxylic acids is 1. The minimum atomic E-state index is -4.50. The van der Waals surface area contributed by atoms with Gasteiger partial charge in [0, 0.05) is 18.5 Å². The molecule has 1 aromatic heterocycles. The van der Waals surface area contributed by atoms with E-state index in [0.29, 0.717) is 25.8 Å². The Balaban J connectivity index is 1.81. The number of carbonyl (C=O) groups excluding carboxylic acids is 1. The first kappa shape index (κ1) is 25.2. The van der Waals surface area contributed by atoms with E-state index in [1.807, 2.05) is 0 Å². The zero-order valence-electron chi connectivity index (χ0n) is 17.7. The van der Waals surface area contributed by atoms with Crippen LogP contribution in [0.3, 0.4) is 0 Å². The van der Waals surface area contributed by atoms with E-state index < -0.39 is 23.6 Å². The molecule has 3 aromatic rings. The molecule has 0 aliphatic heterocycles. The van der Waals surface area contributed by atoms with Crippen molar-refractivity contribution in [2.24, 2.45) is 0 Å². The number of hydrogen-bond acceptors (Lipinski definition) is 6. The second-order valence-electron chi connectivity index (χ2n) is 7.15. The van der Waals surface area contributed by atoms with E-state index >= 15 is 0 Å². The number of halogens is 3. The Morgan fingerprint density at radius 1 is 1.18 bits per heavy atom. The number of aromatic nitrogens is 1. The molecule has 0 radical (unpaired) electrons. The molecule has 0 fully saturated rings. The molecular weight excluding hydrogens is 493 g/mol. The minimum Gasteiger partial charge on any atom is -0.495 e. The van der Waals surface area contributed by atoms with Crippen LogP contribution in [0.15, 0.2) is 42.5 Å². The Labute approximate surface area is 201 Å². The van der Waals surface area contributed by atoms with Gasteiger partial charge < -0.3 is 20.3 Å². The van der Waals surface area contributed by atoms with Gasteiger partial charge in [-0.2, -0.15) is 13.2 Å². The number of aromatic hydroxyl groups is 1. The first-order valence-corrected chi connectivity index (χ1v) is 11.0. The molecule has 0 unspecified atom stereocenters. The average molecular weight is 513 g/mol. The third-order valence-electron chi connectivity index (χ3n) is 4.84. The highest BCUT2D eigenvalue weighted by atomic mass is 32.1. The van der Waals surface area contributed by atoms with Crippen LogP contribution in [-0.2, 0) is 23.9 Å². The zero-order chi connectivity index (χ0) is 25.0. The normalized spacial score (nSPS) is 11.3. The van der Waals surface area contributed by atoms with Gasteiger partial charge in [0.2, 0.25) is 5.88 Å². The highest BCUT2D eigenvalue weighted by molar-refractivity contribution is 7.73. The van der Waals surface area contributed by atoms with E-state index in [2.05, 4.69) is 5.32 Å². The van der Waals surface area contributed by atoms with Crippen LogP contribution in [-0.4, -0.2) is 33.8 Å². The van der Waals surface area contributed by atoms with Crippen LogP contribution < -0.4 is 10.1 Å². The van der Waals surface area contributed by atoms with Crippen molar-refractivity contribution < 1.29 is 37.7 Å². The molecule has 1 amide bonds. The second-order valence-corrected chi connectivity index (χ2v) is 8.88. The number of nitrogens with zero attached hydrogens (tertiary/aromatic N) is 1. The summed E-state index contributed by atoms with van der Waals surface area (Å²) in [6.45, 7) is 0.0353. The molecule has 0 aliphatic carbocycles. The molecule has 1 heterocycles. The number of alkyl halides is 3. The van der Waals surface area contributed by atoms with E-state index in [4.69, 9.17) is 22.1 Å². The number of carboxylic acids is 1. The Kier molecular flexibility index (Phi) is 7.62. The Hall–Kier alpha value is -3.38. The summed E-state index contributed by atoms with van der Waals surface area (Å²) < 4.78 is 45.2. The zero-order valence-corrected chi connectivity index (χ0v) is 19.3. The first-order valence-electron chi connectivity index (χ1n) is 9.78. The monoisotopic (exact) mass is 512 g/mol. The number of hydrogen-bond donors (Lipinski definition) is 3. The molecule has 0 atom stereocenters. The molecule has 0 bridgehead atoms. The third kappa shape index (κ3) is 5.94. The van der Waals surface area contributed by atoms with Crippen LogP contribution in [0, 0.1) is 3.95 Å². The van der Waals surface area contributed by atoms with Crippen molar-refractivity contribution in [3.63, 3.8) is 0 Å². The van der Waals surface area contributed by atoms with Crippen molar-refractivity contribution in [1.29, 1.82) is 0 Å². The van der Waals surface area contributed by atoms with Gasteiger partial charge in [0.15, 0.2) is 3.95 Å². The molecule has 34 heavy (non-hydrogen) atoms. The van der Waals surface area contributed by atoms with E-state index in [9.17, 15) is 27.9 Å². The highest BCUT2D eigenvalue weighted by Gasteiger charge is 2.30. The number of anilines is 1. The number of benzene rings is 2. The fourth-order valence-electron chi connectivity index (χ4n) is 3.12. The third-order valence-corrected chi connectivity index (χ3v) is 6.28. The highest BCUT2D eigenvalue weighted by Crippen LogP contribution is 2.33. The maximum absolute atomic E-state index is 12.8. The number of nitrogens with one attached hydrogen (secondary N) is 1. The lowest BCUT2D eigenvalue weighted by Crippen LogP contribution is -2.13. The predicted octanol–water partition coefficient (Wildman–Crippen LogP) is 5.33. The summed E-state index contributed by atoms with van der Waals surface area (Å²) >= 11 is 6.36. The molecule has 12 heteroatoms. The number of rotatable bonds is 8. The average Bonchev–Trinajstić information content (AvgIpc) is 3.04. The van der Waals surface area contributed by atoms with Gasteiger partial charge >= 0.3 is 12.1 Å². The SMILES string of the molecule is COc1ccc(Cc2sc(=S)n(CCC(=O)O)c2O)cc1NC(=O)c1ccc(C(F)(F)F)cc1. The quantitative estimate of drug-likeness (QED) is 0.353. The van der Waals surface area contributed by atoms with Crippen molar-refractivity contribution in [3.05, 3.63) is 68.0 Å². The molecule has 3 rings (SSSR count). The summed E-state index contributed by atoms with van der Waals surface area (Å²) in [6.07, 6.45) is -4.45. The smallest absolute Gasteiger partial charge is 0.416 e. The fraction of sp³-hybridized carbons (Fsp3) is 0.227. The van der Waals surface area contributed by atoms with Crippen molar-refractivity contribution in [3.8, 4) is 11.6 Å². The van der Waals surface area contributed by atoms with Crippen LogP contribution in [0.2, 0.25) is 0 Å². The van der Waals surface area contributed by atoms with Gasteiger partial charge in [-0.1, -0.05) is 6.07 Å². The second kappa shape index (κ2) is 10.3. The number of methoxy groups -OCH3 is 1. The molecule has 0 saturated heterocycles. The summed E-state index contributed by atoms with van der Waals surface area (Å²) in [5.74, 6) is -1.43. The number of carbonyl (C=O) groups is 2. The molecule has 7 nitrogen and oxygen atoms in total. The van der Waals surface area contributed by atoms with Gasteiger partial charge in [-0.15, -0.1) is 11.3 Å².